The van der Waals surface area contributed by atoms with Crippen molar-refractivity contribution in [2.24, 2.45) is 0 Å². The number of hydrogen-bond acceptors (Lipinski definition) is 5. The number of carbonyl (C=O) groups is 1. The Balaban J connectivity index is 1.65. The summed E-state index contributed by atoms with van der Waals surface area (Å²) in [5.41, 5.74) is 0. The third-order valence-corrected chi connectivity index (χ3v) is 3.95. The fraction of sp³-hybridized carbons (Fsp3) is 0.909. The maximum atomic E-state index is 11.7. The average molecular weight is 245 g/mol. The van der Waals surface area contributed by atoms with Crippen LogP contribution < -0.4 is 5.32 Å². The largest absolute Gasteiger partial charge is 0.462 e. The van der Waals surface area contributed by atoms with Gasteiger partial charge in [0.2, 0.25) is 0 Å². The molecule has 0 bridgehead atoms. The molecule has 0 radical (unpaired) electrons. The molecule has 2 aliphatic heterocycles. The highest BCUT2D eigenvalue weighted by Gasteiger charge is 2.24. The van der Waals surface area contributed by atoms with Gasteiger partial charge in [0.1, 0.15) is 12.6 Å². The number of hydrogen-bond donors (Lipinski definition) is 1. The topological polar surface area (TPSA) is 47.6 Å². The third-order valence-electron chi connectivity index (χ3n) is 2.89. The van der Waals surface area contributed by atoms with Crippen molar-refractivity contribution in [2.75, 3.05) is 31.3 Å². The first-order chi connectivity index (χ1) is 7.86. The summed E-state index contributed by atoms with van der Waals surface area (Å²) in [7, 11) is 0. The smallest absolute Gasteiger partial charge is 0.324 e. The standard InChI is InChI=1S/C11H19NO3S/c13-11(10-8-16-6-4-12-10)15-7-9-3-1-2-5-14-9/h9-10,12H,1-8H2. The predicted octanol–water partition coefficient (Wildman–Crippen LogP) is 0.804. The van der Waals surface area contributed by atoms with E-state index < -0.39 is 0 Å². The molecule has 2 saturated heterocycles. The monoisotopic (exact) mass is 245 g/mol. The second-order valence-corrected chi connectivity index (χ2v) is 5.35. The SMILES string of the molecule is O=C(OCC1CCCCO1)C1CSCCN1. The highest BCUT2D eigenvalue weighted by atomic mass is 32.2. The maximum absolute atomic E-state index is 11.7. The molecule has 4 nitrogen and oxygen atoms in total. The summed E-state index contributed by atoms with van der Waals surface area (Å²) < 4.78 is 10.8. The van der Waals surface area contributed by atoms with Gasteiger partial charge in [-0.2, -0.15) is 11.8 Å². The molecule has 2 unspecified atom stereocenters. The predicted molar refractivity (Wildman–Crippen MR) is 63.7 cm³/mol. The molecule has 2 rings (SSSR count). The van der Waals surface area contributed by atoms with E-state index in [0.29, 0.717) is 6.61 Å². The first kappa shape index (κ1) is 12.2. The molecule has 2 atom stereocenters. The van der Waals surface area contributed by atoms with Crippen LogP contribution in [0.2, 0.25) is 0 Å². The summed E-state index contributed by atoms with van der Waals surface area (Å²) in [5, 5.41) is 3.17. The summed E-state index contributed by atoms with van der Waals surface area (Å²) in [6.07, 6.45) is 3.44. The average Bonchev–Trinajstić information content (AvgIpc) is 2.38. The first-order valence-corrected chi connectivity index (χ1v) is 7.11. The Morgan fingerprint density at radius 3 is 3.12 bits per heavy atom. The molecule has 92 valence electrons. The minimum Gasteiger partial charge on any atom is -0.462 e. The van der Waals surface area contributed by atoms with Gasteiger partial charge in [0.15, 0.2) is 0 Å². The fourth-order valence-electron chi connectivity index (χ4n) is 1.93. The molecule has 5 heteroatoms. The van der Waals surface area contributed by atoms with Crippen LogP contribution in [-0.2, 0) is 14.3 Å². The summed E-state index contributed by atoms with van der Waals surface area (Å²) in [6, 6.07) is -0.123. The van der Waals surface area contributed by atoms with Crippen LogP contribution >= 0.6 is 11.8 Å². The van der Waals surface area contributed by atoms with Crippen LogP contribution in [0.3, 0.4) is 0 Å². The van der Waals surface area contributed by atoms with Gasteiger partial charge in [-0.25, -0.2) is 0 Å². The second kappa shape index (κ2) is 6.47. The van der Waals surface area contributed by atoms with Crippen molar-refractivity contribution in [3.05, 3.63) is 0 Å². The Bertz CT molecular complexity index is 225. The van der Waals surface area contributed by atoms with E-state index in [-0.39, 0.29) is 18.1 Å². The van der Waals surface area contributed by atoms with Crippen LogP contribution in [0.4, 0.5) is 0 Å². The van der Waals surface area contributed by atoms with E-state index in [9.17, 15) is 4.79 Å². The number of rotatable bonds is 3. The van der Waals surface area contributed by atoms with Gasteiger partial charge in [-0.3, -0.25) is 4.79 Å². The van der Waals surface area contributed by atoms with Gasteiger partial charge < -0.3 is 14.8 Å². The summed E-state index contributed by atoms with van der Waals surface area (Å²) in [4.78, 5) is 11.7. The molecular formula is C11H19NO3S. The maximum Gasteiger partial charge on any atom is 0.324 e. The molecule has 0 aromatic rings. The van der Waals surface area contributed by atoms with Crippen molar-refractivity contribution in [1.29, 1.82) is 0 Å². The lowest BCUT2D eigenvalue weighted by Crippen LogP contribution is -2.45. The molecule has 2 aliphatic rings. The van der Waals surface area contributed by atoms with E-state index in [2.05, 4.69) is 5.32 Å². The Kier molecular flexibility index (Phi) is 4.93. The zero-order chi connectivity index (χ0) is 11.2. The summed E-state index contributed by atoms with van der Waals surface area (Å²) >= 11 is 1.80. The van der Waals surface area contributed by atoms with E-state index in [0.717, 1.165) is 37.5 Å². The van der Waals surface area contributed by atoms with Crippen molar-refractivity contribution >= 4 is 17.7 Å². The van der Waals surface area contributed by atoms with Gasteiger partial charge in [-0.05, 0) is 19.3 Å². The van der Waals surface area contributed by atoms with Gasteiger partial charge in [-0.15, -0.1) is 0 Å². The fourth-order valence-corrected chi connectivity index (χ4v) is 2.85. The van der Waals surface area contributed by atoms with Crippen LogP contribution in [0.5, 0.6) is 0 Å². The van der Waals surface area contributed by atoms with Crippen LogP contribution in [0.1, 0.15) is 19.3 Å². The Labute approximate surface area is 100 Å². The number of nitrogens with one attached hydrogen (secondary N) is 1. The van der Waals surface area contributed by atoms with Crippen molar-refractivity contribution in [1.82, 2.24) is 5.32 Å². The first-order valence-electron chi connectivity index (χ1n) is 5.95. The molecule has 0 saturated carbocycles. The number of carbonyl (C=O) groups excluding carboxylic acids is 1. The number of esters is 1. The molecule has 0 amide bonds. The lowest BCUT2D eigenvalue weighted by atomic mass is 10.1. The summed E-state index contributed by atoms with van der Waals surface area (Å²) in [5.74, 6) is 1.78. The lowest BCUT2D eigenvalue weighted by Gasteiger charge is -2.25. The van der Waals surface area contributed by atoms with Gasteiger partial charge in [0.25, 0.3) is 0 Å². The number of ether oxygens (including phenoxy) is 2. The Morgan fingerprint density at radius 1 is 1.50 bits per heavy atom. The van der Waals surface area contributed by atoms with E-state index in [1.54, 1.807) is 11.8 Å². The molecule has 1 N–H and O–H groups in total. The summed E-state index contributed by atoms with van der Waals surface area (Å²) in [6.45, 7) is 2.12. The Morgan fingerprint density at radius 2 is 2.44 bits per heavy atom. The van der Waals surface area contributed by atoms with Gasteiger partial charge in [0.05, 0.1) is 6.10 Å². The minimum absolute atomic E-state index is 0.119. The zero-order valence-corrected chi connectivity index (χ0v) is 10.3. The molecule has 0 aromatic heterocycles. The van der Waals surface area contributed by atoms with Crippen LogP contribution in [0, 0.1) is 0 Å². The zero-order valence-electron chi connectivity index (χ0n) is 9.44. The van der Waals surface area contributed by atoms with E-state index >= 15 is 0 Å². The molecule has 16 heavy (non-hydrogen) atoms. The minimum atomic E-state index is -0.124. The van der Waals surface area contributed by atoms with Crippen molar-refractivity contribution in [2.45, 2.75) is 31.4 Å². The van der Waals surface area contributed by atoms with Crippen molar-refractivity contribution in [3.63, 3.8) is 0 Å². The van der Waals surface area contributed by atoms with Gasteiger partial charge in [0, 0.05) is 24.7 Å². The third kappa shape index (κ3) is 3.64. The van der Waals surface area contributed by atoms with Crippen molar-refractivity contribution in [3.8, 4) is 0 Å². The van der Waals surface area contributed by atoms with E-state index in [4.69, 9.17) is 9.47 Å². The molecule has 0 aromatic carbocycles. The van der Waals surface area contributed by atoms with Crippen LogP contribution in [0.15, 0.2) is 0 Å². The molecule has 0 aliphatic carbocycles. The van der Waals surface area contributed by atoms with E-state index in [1.807, 2.05) is 0 Å². The van der Waals surface area contributed by atoms with Gasteiger partial charge >= 0.3 is 5.97 Å². The highest BCUT2D eigenvalue weighted by Crippen LogP contribution is 2.14. The second-order valence-electron chi connectivity index (χ2n) is 4.20. The molecular weight excluding hydrogens is 226 g/mol. The Hall–Kier alpha value is -0.260. The molecule has 2 heterocycles. The lowest BCUT2D eigenvalue weighted by molar-refractivity contribution is -0.151. The molecule has 0 spiro atoms. The van der Waals surface area contributed by atoms with Crippen molar-refractivity contribution < 1.29 is 14.3 Å². The van der Waals surface area contributed by atoms with Crippen LogP contribution in [-0.4, -0.2) is 49.4 Å². The highest BCUT2D eigenvalue weighted by molar-refractivity contribution is 7.99. The number of thioether (sulfide) groups is 1. The quantitative estimate of drug-likeness (QED) is 0.745. The van der Waals surface area contributed by atoms with E-state index in [1.165, 1.54) is 6.42 Å². The van der Waals surface area contributed by atoms with Crippen LogP contribution in [0.25, 0.3) is 0 Å². The van der Waals surface area contributed by atoms with Gasteiger partial charge in [-0.1, -0.05) is 0 Å². The normalized spacial score (nSPS) is 31.0. The molecule has 2 fully saturated rings.